The molecule has 1 saturated heterocycles. The summed E-state index contributed by atoms with van der Waals surface area (Å²) in [5, 5.41) is 0. The predicted octanol–water partition coefficient (Wildman–Crippen LogP) is 1.12. The summed E-state index contributed by atoms with van der Waals surface area (Å²) in [5.41, 5.74) is 6.48. The zero-order chi connectivity index (χ0) is 14.8. The summed E-state index contributed by atoms with van der Waals surface area (Å²) < 4.78 is 16.2. The highest BCUT2D eigenvalue weighted by atomic mass is 16.7. The average Bonchev–Trinajstić information content (AvgIpc) is 2.95. The number of benzene rings is 1. The minimum Gasteiger partial charge on any atom is -0.493 e. The van der Waals surface area contributed by atoms with Gasteiger partial charge < -0.3 is 19.9 Å². The summed E-state index contributed by atoms with van der Waals surface area (Å²) in [5.74, 6) is 1.95. The minimum absolute atomic E-state index is 0.0209. The van der Waals surface area contributed by atoms with Gasteiger partial charge >= 0.3 is 0 Å². The van der Waals surface area contributed by atoms with Crippen LogP contribution in [0.25, 0.3) is 0 Å². The Labute approximate surface area is 123 Å². The van der Waals surface area contributed by atoms with E-state index < -0.39 is 0 Å². The molecule has 6 heteroatoms. The van der Waals surface area contributed by atoms with E-state index in [1.54, 1.807) is 7.11 Å². The number of carbonyl (C=O) groups is 1. The van der Waals surface area contributed by atoms with Crippen molar-refractivity contribution < 1.29 is 19.0 Å². The van der Waals surface area contributed by atoms with E-state index in [1.807, 2.05) is 12.1 Å². The predicted molar refractivity (Wildman–Crippen MR) is 76.3 cm³/mol. The van der Waals surface area contributed by atoms with E-state index in [0.29, 0.717) is 11.5 Å². The van der Waals surface area contributed by atoms with Crippen LogP contribution in [0.1, 0.15) is 18.4 Å². The molecule has 2 aliphatic rings. The number of hydrogen-bond acceptors (Lipinski definition) is 5. The van der Waals surface area contributed by atoms with Crippen molar-refractivity contribution in [2.24, 2.45) is 11.7 Å². The van der Waals surface area contributed by atoms with Crippen LogP contribution in [0, 0.1) is 5.92 Å². The first-order valence-electron chi connectivity index (χ1n) is 7.15. The molecule has 0 aromatic heterocycles. The number of amides is 1. The molecule has 2 N–H and O–H groups in total. The van der Waals surface area contributed by atoms with Crippen LogP contribution >= 0.6 is 0 Å². The number of rotatable bonds is 4. The molecule has 0 bridgehead atoms. The number of nitrogens with zero attached hydrogens (tertiary/aromatic N) is 1. The minimum atomic E-state index is -0.181. The summed E-state index contributed by atoms with van der Waals surface area (Å²) in [7, 11) is 1.62. The van der Waals surface area contributed by atoms with Crippen LogP contribution in [-0.4, -0.2) is 37.8 Å². The third kappa shape index (κ3) is 2.90. The molecule has 3 rings (SSSR count). The van der Waals surface area contributed by atoms with Gasteiger partial charge in [0.15, 0.2) is 11.5 Å². The zero-order valence-electron chi connectivity index (χ0n) is 12.1. The molecular weight excluding hydrogens is 272 g/mol. The lowest BCUT2D eigenvalue weighted by Gasteiger charge is -2.30. The first-order valence-corrected chi connectivity index (χ1v) is 7.15. The fourth-order valence-electron chi connectivity index (χ4n) is 2.91. The average molecular weight is 292 g/mol. The second-order valence-electron chi connectivity index (χ2n) is 5.48. The Morgan fingerprint density at radius 3 is 2.81 bits per heavy atom. The molecule has 6 nitrogen and oxygen atoms in total. The van der Waals surface area contributed by atoms with Crippen LogP contribution in [0.3, 0.4) is 0 Å². The van der Waals surface area contributed by atoms with E-state index >= 15 is 0 Å². The Balaban J connectivity index is 1.67. The molecule has 0 atom stereocenters. The quantitative estimate of drug-likeness (QED) is 0.900. The van der Waals surface area contributed by atoms with E-state index in [4.69, 9.17) is 19.9 Å². The highest BCUT2D eigenvalue weighted by molar-refractivity contribution is 5.76. The monoisotopic (exact) mass is 292 g/mol. The van der Waals surface area contributed by atoms with Gasteiger partial charge in [0.05, 0.1) is 7.11 Å². The number of primary amides is 1. The Bertz CT molecular complexity index is 539. The molecule has 0 radical (unpaired) electrons. The number of methoxy groups -OCH3 is 1. The molecule has 2 aliphatic heterocycles. The van der Waals surface area contributed by atoms with E-state index in [9.17, 15) is 4.79 Å². The highest BCUT2D eigenvalue weighted by Gasteiger charge is 2.25. The van der Waals surface area contributed by atoms with Crippen molar-refractivity contribution >= 4 is 5.91 Å². The van der Waals surface area contributed by atoms with E-state index in [0.717, 1.165) is 43.8 Å². The smallest absolute Gasteiger partial charge is 0.231 e. The lowest BCUT2D eigenvalue weighted by molar-refractivity contribution is -0.123. The van der Waals surface area contributed by atoms with E-state index in [1.165, 1.54) is 0 Å². The molecular formula is C15H20N2O4. The standard InChI is InChI=1S/C15H20N2O4/c1-19-12-6-10(7-13-14(12)21-9-20-13)8-17-4-2-11(3-5-17)15(16)18/h6-7,11H,2-5,8-9H2,1H3,(H2,16,18). The van der Waals surface area contributed by atoms with Crippen LogP contribution in [0.2, 0.25) is 0 Å². The van der Waals surface area contributed by atoms with Crippen LogP contribution in [0.15, 0.2) is 12.1 Å². The van der Waals surface area contributed by atoms with Gasteiger partial charge in [-0.25, -0.2) is 0 Å². The van der Waals surface area contributed by atoms with Crippen molar-refractivity contribution in [3.63, 3.8) is 0 Å². The molecule has 1 aromatic rings. The Hall–Kier alpha value is -1.95. The van der Waals surface area contributed by atoms with Crippen LogP contribution < -0.4 is 19.9 Å². The number of ether oxygens (including phenoxy) is 3. The molecule has 2 heterocycles. The normalized spacial score (nSPS) is 18.7. The summed E-state index contributed by atoms with van der Waals surface area (Å²) in [4.78, 5) is 13.5. The third-order valence-electron chi connectivity index (χ3n) is 4.11. The van der Waals surface area contributed by atoms with Crippen molar-refractivity contribution in [3.05, 3.63) is 17.7 Å². The maximum atomic E-state index is 11.2. The van der Waals surface area contributed by atoms with Gasteiger partial charge in [0.25, 0.3) is 0 Å². The fourth-order valence-corrected chi connectivity index (χ4v) is 2.91. The molecule has 1 fully saturated rings. The van der Waals surface area contributed by atoms with Gasteiger partial charge in [-0.3, -0.25) is 9.69 Å². The van der Waals surface area contributed by atoms with Gasteiger partial charge in [-0.15, -0.1) is 0 Å². The van der Waals surface area contributed by atoms with Crippen molar-refractivity contribution in [1.82, 2.24) is 4.90 Å². The molecule has 1 aromatic carbocycles. The molecule has 0 spiro atoms. The topological polar surface area (TPSA) is 74.0 Å². The maximum Gasteiger partial charge on any atom is 0.231 e. The number of likely N-dealkylation sites (tertiary alicyclic amines) is 1. The van der Waals surface area contributed by atoms with Gasteiger partial charge in [-0.2, -0.15) is 0 Å². The molecule has 0 aliphatic carbocycles. The zero-order valence-corrected chi connectivity index (χ0v) is 12.1. The van der Waals surface area contributed by atoms with E-state index in [2.05, 4.69) is 4.90 Å². The van der Waals surface area contributed by atoms with E-state index in [-0.39, 0.29) is 18.6 Å². The number of carbonyl (C=O) groups excluding carboxylic acids is 1. The van der Waals surface area contributed by atoms with Crippen molar-refractivity contribution in [3.8, 4) is 17.2 Å². The van der Waals surface area contributed by atoms with Crippen LogP contribution in [0.5, 0.6) is 17.2 Å². The number of fused-ring (bicyclic) bond motifs is 1. The van der Waals surface area contributed by atoms with Gasteiger partial charge in [0, 0.05) is 12.5 Å². The maximum absolute atomic E-state index is 11.2. The van der Waals surface area contributed by atoms with Gasteiger partial charge in [-0.05, 0) is 43.6 Å². The Morgan fingerprint density at radius 2 is 2.14 bits per heavy atom. The summed E-state index contributed by atoms with van der Waals surface area (Å²) >= 11 is 0. The SMILES string of the molecule is COc1cc(CN2CCC(C(N)=O)CC2)cc2c1OCO2. The first-order chi connectivity index (χ1) is 10.2. The lowest BCUT2D eigenvalue weighted by Crippen LogP contribution is -2.38. The fraction of sp³-hybridized carbons (Fsp3) is 0.533. The van der Waals surface area contributed by atoms with Gasteiger partial charge in [0.1, 0.15) is 0 Å². The van der Waals surface area contributed by atoms with Gasteiger partial charge in [0.2, 0.25) is 18.4 Å². The number of hydrogen-bond donors (Lipinski definition) is 1. The van der Waals surface area contributed by atoms with Crippen LogP contribution in [0.4, 0.5) is 0 Å². The Kier molecular flexibility index (Phi) is 3.88. The lowest BCUT2D eigenvalue weighted by atomic mass is 9.96. The molecule has 0 unspecified atom stereocenters. The molecule has 0 saturated carbocycles. The number of nitrogens with two attached hydrogens (primary N) is 1. The van der Waals surface area contributed by atoms with Crippen molar-refractivity contribution in [2.75, 3.05) is 27.0 Å². The third-order valence-corrected chi connectivity index (χ3v) is 4.11. The summed E-state index contributed by atoms with van der Waals surface area (Å²) in [6, 6.07) is 3.97. The molecule has 114 valence electrons. The summed E-state index contributed by atoms with van der Waals surface area (Å²) in [6.45, 7) is 2.80. The Morgan fingerprint density at radius 1 is 1.38 bits per heavy atom. The van der Waals surface area contributed by atoms with Crippen LogP contribution in [-0.2, 0) is 11.3 Å². The summed E-state index contributed by atoms with van der Waals surface area (Å²) in [6.07, 6.45) is 1.66. The molecule has 1 amide bonds. The first kappa shape index (κ1) is 14.0. The largest absolute Gasteiger partial charge is 0.493 e. The van der Waals surface area contributed by atoms with Gasteiger partial charge in [-0.1, -0.05) is 0 Å². The second-order valence-corrected chi connectivity index (χ2v) is 5.48. The van der Waals surface area contributed by atoms with Crippen molar-refractivity contribution in [1.29, 1.82) is 0 Å². The molecule has 21 heavy (non-hydrogen) atoms. The van der Waals surface area contributed by atoms with Crippen molar-refractivity contribution in [2.45, 2.75) is 19.4 Å². The second kappa shape index (κ2) is 5.81. The number of piperidine rings is 1. The highest BCUT2D eigenvalue weighted by Crippen LogP contribution is 2.42.